The van der Waals surface area contributed by atoms with Gasteiger partial charge in [0.2, 0.25) is 0 Å². The molecule has 0 spiro atoms. The summed E-state index contributed by atoms with van der Waals surface area (Å²) >= 11 is 0. The number of amides is 1. The maximum absolute atomic E-state index is 13.8. The third-order valence-electron chi connectivity index (χ3n) is 6.85. The van der Waals surface area contributed by atoms with E-state index in [0.29, 0.717) is 0 Å². The Bertz CT molecular complexity index is 1500. The molecule has 166 valence electrons. The van der Waals surface area contributed by atoms with Crippen molar-refractivity contribution in [3.05, 3.63) is 131 Å². The molecule has 2 atom stereocenters. The van der Waals surface area contributed by atoms with Crippen LogP contribution in [0.15, 0.2) is 103 Å². The summed E-state index contributed by atoms with van der Waals surface area (Å²) in [4.78, 5) is 19.4. The predicted octanol–water partition coefficient (Wildman–Crippen LogP) is 7.28. The van der Waals surface area contributed by atoms with Gasteiger partial charge in [0.25, 0.3) is 5.91 Å². The van der Waals surface area contributed by atoms with Gasteiger partial charge in [0.05, 0.1) is 17.8 Å². The van der Waals surface area contributed by atoms with Gasteiger partial charge in [-0.1, -0.05) is 66.7 Å². The predicted molar refractivity (Wildman–Crippen MR) is 133 cm³/mol. The molecule has 0 aliphatic carbocycles. The van der Waals surface area contributed by atoms with E-state index in [-0.39, 0.29) is 23.8 Å². The molecule has 4 aromatic carbocycles. The average Bonchev–Trinajstić information content (AvgIpc) is 3.40. The molecule has 0 bridgehead atoms. The van der Waals surface area contributed by atoms with Gasteiger partial charge >= 0.3 is 0 Å². The molecular weight excluding hydrogens is 423 g/mol. The van der Waals surface area contributed by atoms with E-state index >= 15 is 0 Å². The monoisotopic (exact) mass is 446 g/mol. The largest absolute Gasteiger partial charge is 0.354 e. The molecule has 1 amide bonds. The van der Waals surface area contributed by atoms with Crippen LogP contribution in [-0.2, 0) is 0 Å². The number of halogens is 1. The normalized spacial score (nSPS) is 16.1. The number of benzene rings is 4. The van der Waals surface area contributed by atoms with Gasteiger partial charge in [0.1, 0.15) is 5.82 Å². The van der Waals surface area contributed by atoms with E-state index in [1.165, 1.54) is 12.1 Å². The first-order chi connectivity index (χ1) is 16.6. The Kier molecular flexibility index (Phi) is 4.80. The Hall–Kier alpha value is -4.18. The van der Waals surface area contributed by atoms with Crippen LogP contribution >= 0.6 is 0 Å². The Morgan fingerprint density at radius 1 is 0.824 bits per heavy atom. The molecule has 0 unspecified atom stereocenters. The number of para-hydroxylation sites is 1. The molecule has 4 heteroatoms. The minimum absolute atomic E-state index is 0.0206. The Morgan fingerprint density at radius 2 is 1.50 bits per heavy atom. The number of aromatic nitrogens is 1. The van der Waals surface area contributed by atoms with Crippen molar-refractivity contribution < 1.29 is 9.18 Å². The molecule has 1 N–H and O–H groups in total. The molecule has 0 saturated carbocycles. The van der Waals surface area contributed by atoms with Crippen LogP contribution in [0.1, 0.15) is 46.1 Å². The van der Waals surface area contributed by atoms with Crippen molar-refractivity contribution in [3.63, 3.8) is 0 Å². The lowest BCUT2D eigenvalue weighted by atomic mass is 9.92. The summed E-state index contributed by atoms with van der Waals surface area (Å²) in [5.41, 5.74) is 6.60. The highest BCUT2D eigenvalue weighted by Gasteiger charge is 2.42. The quantitative estimate of drug-likeness (QED) is 0.309. The van der Waals surface area contributed by atoms with Gasteiger partial charge in [-0.15, -0.1) is 0 Å². The van der Waals surface area contributed by atoms with Gasteiger partial charge in [-0.25, -0.2) is 4.39 Å². The number of hydrogen-bond acceptors (Lipinski definition) is 1. The van der Waals surface area contributed by atoms with E-state index in [1.807, 2.05) is 65.6 Å². The molecule has 0 fully saturated rings. The average molecular weight is 447 g/mol. The zero-order chi connectivity index (χ0) is 23.2. The number of nitrogens with one attached hydrogen (secondary N) is 1. The van der Waals surface area contributed by atoms with E-state index < -0.39 is 0 Å². The van der Waals surface area contributed by atoms with Crippen LogP contribution in [0.2, 0.25) is 0 Å². The zero-order valence-electron chi connectivity index (χ0n) is 18.7. The summed E-state index contributed by atoms with van der Waals surface area (Å²) < 4.78 is 13.7. The van der Waals surface area contributed by atoms with Crippen LogP contribution in [0.25, 0.3) is 22.2 Å². The molecule has 2 heterocycles. The smallest absolute Gasteiger partial charge is 0.255 e. The molecule has 0 radical (unpaired) electrons. The van der Waals surface area contributed by atoms with Gasteiger partial charge in [0.15, 0.2) is 0 Å². The second-order valence-electron chi connectivity index (χ2n) is 8.76. The zero-order valence-corrected chi connectivity index (χ0v) is 18.7. The molecule has 5 aromatic rings. The van der Waals surface area contributed by atoms with Crippen molar-refractivity contribution in [2.24, 2.45) is 0 Å². The van der Waals surface area contributed by atoms with Gasteiger partial charge in [-0.2, -0.15) is 0 Å². The van der Waals surface area contributed by atoms with Crippen molar-refractivity contribution in [1.29, 1.82) is 0 Å². The molecule has 6 rings (SSSR count). The van der Waals surface area contributed by atoms with Crippen LogP contribution in [0.4, 0.5) is 4.39 Å². The maximum atomic E-state index is 13.8. The van der Waals surface area contributed by atoms with E-state index in [1.54, 1.807) is 12.1 Å². The van der Waals surface area contributed by atoms with E-state index in [4.69, 9.17) is 0 Å². The third kappa shape index (κ3) is 3.14. The number of hydrogen-bond donors (Lipinski definition) is 1. The highest BCUT2D eigenvalue weighted by atomic mass is 19.1. The third-order valence-corrected chi connectivity index (χ3v) is 6.85. The van der Waals surface area contributed by atoms with Crippen molar-refractivity contribution in [2.75, 3.05) is 0 Å². The molecule has 1 aliphatic heterocycles. The molecule has 0 saturated heterocycles. The lowest BCUT2D eigenvalue weighted by molar-refractivity contribution is 0.0678. The minimum Gasteiger partial charge on any atom is -0.354 e. The van der Waals surface area contributed by atoms with E-state index in [9.17, 15) is 9.18 Å². The first-order valence-electron chi connectivity index (χ1n) is 11.5. The SMILES string of the molecule is C[C@@H](c1ccccc1)N1C(=O)c2ccccc2[C@H]1c1c(-c2ccc(F)cc2)[nH]c2ccccc12. The summed E-state index contributed by atoms with van der Waals surface area (Å²) in [5.74, 6) is -0.255. The maximum Gasteiger partial charge on any atom is 0.255 e. The van der Waals surface area contributed by atoms with Crippen LogP contribution < -0.4 is 0 Å². The number of carbonyl (C=O) groups is 1. The highest BCUT2D eigenvalue weighted by Crippen LogP contribution is 2.48. The summed E-state index contributed by atoms with van der Waals surface area (Å²) in [7, 11) is 0. The summed E-state index contributed by atoms with van der Waals surface area (Å²) in [5, 5.41) is 1.06. The Balaban J connectivity index is 1.62. The summed E-state index contributed by atoms with van der Waals surface area (Å²) in [6, 6.07) is 32.2. The number of nitrogens with zero attached hydrogens (tertiary/aromatic N) is 1. The van der Waals surface area contributed by atoms with Crippen LogP contribution in [-0.4, -0.2) is 15.8 Å². The van der Waals surface area contributed by atoms with E-state index in [0.717, 1.165) is 44.4 Å². The molecule has 34 heavy (non-hydrogen) atoms. The van der Waals surface area contributed by atoms with Gasteiger partial charge < -0.3 is 9.88 Å². The molecule has 1 aliphatic rings. The lowest BCUT2D eigenvalue weighted by Crippen LogP contribution is -2.31. The number of H-pyrrole nitrogens is 1. The van der Waals surface area contributed by atoms with Crippen LogP contribution in [0.3, 0.4) is 0 Å². The fourth-order valence-electron chi connectivity index (χ4n) is 5.21. The highest BCUT2D eigenvalue weighted by molar-refractivity contribution is 6.02. The van der Waals surface area contributed by atoms with E-state index in [2.05, 4.69) is 30.1 Å². The molecule has 3 nitrogen and oxygen atoms in total. The topological polar surface area (TPSA) is 36.1 Å². The summed E-state index contributed by atoms with van der Waals surface area (Å²) in [6.07, 6.45) is 0. The molecule has 1 aromatic heterocycles. The fraction of sp³-hybridized carbons (Fsp3) is 0.100. The lowest BCUT2D eigenvalue weighted by Gasteiger charge is -2.32. The Morgan fingerprint density at radius 3 is 2.29 bits per heavy atom. The van der Waals surface area contributed by atoms with Gasteiger partial charge in [0, 0.05) is 22.0 Å². The standard InChI is InChI=1S/C30H23FN2O/c1-19(20-9-3-2-4-10-20)33-29(23-11-5-6-12-24(23)30(33)34)27-25-13-7-8-14-26(25)32-28(27)21-15-17-22(31)18-16-21/h2-19,29,32H,1H3/t19-,29-/m0/s1. The number of fused-ring (bicyclic) bond motifs is 2. The van der Waals surface area contributed by atoms with Gasteiger partial charge in [-0.05, 0) is 60.0 Å². The van der Waals surface area contributed by atoms with Crippen molar-refractivity contribution in [1.82, 2.24) is 9.88 Å². The first kappa shape index (κ1) is 20.4. The minimum atomic E-state index is -0.282. The molecular formula is C30H23FN2O. The van der Waals surface area contributed by atoms with Crippen molar-refractivity contribution in [3.8, 4) is 11.3 Å². The van der Waals surface area contributed by atoms with Crippen LogP contribution in [0, 0.1) is 5.82 Å². The fourth-order valence-corrected chi connectivity index (χ4v) is 5.21. The number of aromatic amines is 1. The first-order valence-corrected chi connectivity index (χ1v) is 11.5. The van der Waals surface area contributed by atoms with Gasteiger partial charge in [-0.3, -0.25) is 4.79 Å². The summed E-state index contributed by atoms with van der Waals surface area (Å²) in [6.45, 7) is 2.08. The number of rotatable bonds is 4. The number of carbonyl (C=O) groups excluding carboxylic acids is 1. The van der Waals surface area contributed by atoms with Crippen LogP contribution in [0.5, 0.6) is 0 Å². The van der Waals surface area contributed by atoms with Crippen molar-refractivity contribution >= 4 is 16.8 Å². The second kappa shape index (κ2) is 7.99. The Labute approximate surface area is 197 Å². The second-order valence-corrected chi connectivity index (χ2v) is 8.76. The van der Waals surface area contributed by atoms with Crippen molar-refractivity contribution in [2.45, 2.75) is 19.0 Å².